The molecule has 2 aromatic rings. The van der Waals surface area contributed by atoms with Gasteiger partial charge in [-0.05, 0) is 24.5 Å². The van der Waals surface area contributed by atoms with Gasteiger partial charge in [0.1, 0.15) is 0 Å². The quantitative estimate of drug-likeness (QED) is 0.851. The smallest absolute Gasteiger partial charge is 0.207 e. The minimum absolute atomic E-state index is 0.485. The Bertz CT molecular complexity index is 473. The number of hydrogen-bond donors (Lipinski definition) is 1. The van der Waals surface area contributed by atoms with Crippen LogP contribution in [0.15, 0.2) is 42.7 Å². The second-order valence-corrected chi connectivity index (χ2v) is 4.87. The Morgan fingerprint density at radius 3 is 2.56 bits per heavy atom. The molecule has 2 rings (SSSR count). The Kier molecular flexibility index (Phi) is 4.03. The van der Waals surface area contributed by atoms with E-state index < -0.39 is 0 Å². The number of hydrogen-bond acceptors (Lipinski definition) is 2. The number of nitrogens with zero attached hydrogens (tertiary/aromatic N) is 2. The Morgan fingerprint density at radius 1 is 1.22 bits per heavy atom. The molecule has 1 aromatic heterocycles. The van der Waals surface area contributed by atoms with Crippen LogP contribution in [0, 0.1) is 5.92 Å². The van der Waals surface area contributed by atoms with Gasteiger partial charge in [0.05, 0.1) is 0 Å². The summed E-state index contributed by atoms with van der Waals surface area (Å²) in [6.45, 7) is 6.72. The van der Waals surface area contributed by atoms with Crippen LogP contribution in [0.5, 0.6) is 0 Å². The number of rotatable bonds is 5. The lowest BCUT2D eigenvalue weighted by Crippen LogP contribution is -2.15. The molecule has 1 unspecified atom stereocenters. The van der Waals surface area contributed by atoms with E-state index >= 15 is 0 Å². The molecule has 0 bridgehead atoms. The standard InChI is InChI=1S/C15H21N3/c1-4-14(12(2)3)18-11-10-16-15(18)17-13-8-6-5-7-9-13/h5-12,14H,4H2,1-3H3,(H,16,17). The fourth-order valence-corrected chi connectivity index (χ4v) is 2.32. The lowest BCUT2D eigenvalue weighted by atomic mass is 10.0. The fraction of sp³-hybridized carbons (Fsp3) is 0.400. The van der Waals surface area contributed by atoms with Crippen LogP contribution in [0.4, 0.5) is 11.6 Å². The molecule has 0 spiro atoms. The zero-order valence-electron chi connectivity index (χ0n) is 11.3. The molecule has 3 nitrogen and oxygen atoms in total. The molecule has 0 saturated carbocycles. The van der Waals surface area contributed by atoms with Crippen LogP contribution in [-0.4, -0.2) is 9.55 Å². The number of imidazole rings is 1. The lowest BCUT2D eigenvalue weighted by Gasteiger charge is -2.23. The van der Waals surface area contributed by atoms with Crippen molar-refractivity contribution in [2.75, 3.05) is 5.32 Å². The van der Waals surface area contributed by atoms with Crippen molar-refractivity contribution in [3.63, 3.8) is 0 Å². The Morgan fingerprint density at radius 2 is 1.94 bits per heavy atom. The summed E-state index contributed by atoms with van der Waals surface area (Å²) in [6, 6.07) is 10.6. The van der Waals surface area contributed by atoms with Crippen LogP contribution in [0.2, 0.25) is 0 Å². The van der Waals surface area contributed by atoms with Gasteiger partial charge in [0.15, 0.2) is 0 Å². The molecule has 3 heteroatoms. The maximum Gasteiger partial charge on any atom is 0.207 e. The van der Waals surface area contributed by atoms with Gasteiger partial charge >= 0.3 is 0 Å². The second kappa shape index (κ2) is 5.71. The van der Waals surface area contributed by atoms with Gasteiger partial charge in [-0.2, -0.15) is 0 Å². The summed E-state index contributed by atoms with van der Waals surface area (Å²) in [5, 5.41) is 3.37. The topological polar surface area (TPSA) is 29.9 Å². The molecule has 0 saturated heterocycles. The van der Waals surface area contributed by atoms with Crippen molar-refractivity contribution in [3.8, 4) is 0 Å². The number of benzene rings is 1. The van der Waals surface area contributed by atoms with E-state index in [2.05, 4.69) is 54.0 Å². The summed E-state index contributed by atoms with van der Waals surface area (Å²) >= 11 is 0. The molecule has 18 heavy (non-hydrogen) atoms. The largest absolute Gasteiger partial charge is 0.326 e. The Labute approximate surface area is 109 Å². The summed E-state index contributed by atoms with van der Waals surface area (Å²) in [4.78, 5) is 4.41. The fourth-order valence-electron chi connectivity index (χ4n) is 2.32. The molecule has 0 aliphatic carbocycles. The third kappa shape index (κ3) is 2.73. The van der Waals surface area contributed by atoms with Gasteiger partial charge in [0.2, 0.25) is 5.95 Å². The molecular formula is C15H21N3. The van der Waals surface area contributed by atoms with Crippen LogP contribution in [0.25, 0.3) is 0 Å². The first-order valence-corrected chi connectivity index (χ1v) is 6.57. The van der Waals surface area contributed by atoms with Gasteiger partial charge in [-0.1, -0.05) is 39.0 Å². The lowest BCUT2D eigenvalue weighted by molar-refractivity contribution is 0.369. The predicted molar refractivity (Wildman–Crippen MR) is 76.1 cm³/mol. The van der Waals surface area contributed by atoms with Gasteiger partial charge in [0, 0.05) is 24.1 Å². The highest BCUT2D eigenvalue weighted by molar-refractivity contribution is 5.53. The van der Waals surface area contributed by atoms with Crippen LogP contribution in [0.3, 0.4) is 0 Å². The first-order chi connectivity index (χ1) is 8.72. The van der Waals surface area contributed by atoms with E-state index in [1.807, 2.05) is 24.4 Å². The van der Waals surface area contributed by atoms with Gasteiger partial charge in [-0.15, -0.1) is 0 Å². The van der Waals surface area contributed by atoms with Crippen LogP contribution in [-0.2, 0) is 0 Å². The highest BCUT2D eigenvalue weighted by Gasteiger charge is 2.16. The summed E-state index contributed by atoms with van der Waals surface area (Å²) in [6.07, 6.45) is 5.02. The Balaban J connectivity index is 2.22. The molecule has 0 aliphatic rings. The SMILES string of the molecule is CCC(C(C)C)n1ccnc1Nc1ccccc1. The number of aromatic nitrogens is 2. The molecule has 96 valence electrons. The van der Waals surface area contributed by atoms with E-state index in [-0.39, 0.29) is 0 Å². The van der Waals surface area contributed by atoms with E-state index in [9.17, 15) is 0 Å². The summed E-state index contributed by atoms with van der Waals surface area (Å²) in [7, 11) is 0. The average Bonchev–Trinajstić information content (AvgIpc) is 2.79. The van der Waals surface area contributed by atoms with Crippen LogP contribution < -0.4 is 5.32 Å². The van der Waals surface area contributed by atoms with Crippen molar-refractivity contribution in [2.24, 2.45) is 5.92 Å². The van der Waals surface area contributed by atoms with Crippen molar-refractivity contribution < 1.29 is 0 Å². The molecule has 1 atom stereocenters. The van der Waals surface area contributed by atoms with E-state index in [0.29, 0.717) is 12.0 Å². The van der Waals surface area contributed by atoms with Gasteiger partial charge in [-0.3, -0.25) is 0 Å². The van der Waals surface area contributed by atoms with E-state index in [4.69, 9.17) is 0 Å². The normalized spacial score (nSPS) is 12.7. The summed E-state index contributed by atoms with van der Waals surface area (Å²) in [5.41, 5.74) is 1.07. The van der Waals surface area contributed by atoms with Crippen LogP contribution in [0.1, 0.15) is 33.2 Å². The van der Waals surface area contributed by atoms with Crippen LogP contribution >= 0.6 is 0 Å². The van der Waals surface area contributed by atoms with Crippen molar-refractivity contribution in [1.82, 2.24) is 9.55 Å². The highest BCUT2D eigenvalue weighted by atomic mass is 15.2. The number of anilines is 2. The molecule has 1 aromatic carbocycles. The molecule has 0 aliphatic heterocycles. The van der Waals surface area contributed by atoms with Gasteiger partial charge in [-0.25, -0.2) is 4.98 Å². The highest BCUT2D eigenvalue weighted by Crippen LogP contribution is 2.26. The number of para-hydroxylation sites is 1. The van der Waals surface area contributed by atoms with Crippen molar-refractivity contribution >= 4 is 11.6 Å². The minimum atomic E-state index is 0.485. The molecule has 1 N–H and O–H groups in total. The van der Waals surface area contributed by atoms with Crippen molar-refractivity contribution in [1.29, 1.82) is 0 Å². The third-order valence-corrected chi connectivity index (χ3v) is 3.24. The first kappa shape index (κ1) is 12.7. The van der Waals surface area contributed by atoms with Gasteiger partial charge in [0.25, 0.3) is 0 Å². The molecule has 1 heterocycles. The average molecular weight is 243 g/mol. The van der Waals surface area contributed by atoms with E-state index in [1.54, 1.807) is 0 Å². The second-order valence-electron chi connectivity index (χ2n) is 4.87. The molecular weight excluding hydrogens is 222 g/mol. The summed E-state index contributed by atoms with van der Waals surface area (Å²) in [5.74, 6) is 1.52. The molecule has 0 fully saturated rings. The van der Waals surface area contributed by atoms with Crippen molar-refractivity contribution in [2.45, 2.75) is 33.2 Å². The molecule has 0 radical (unpaired) electrons. The van der Waals surface area contributed by atoms with Crippen molar-refractivity contribution in [3.05, 3.63) is 42.7 Å². The van der Waals surface area contributed by atoms with Gasteiger partial charge < -0.3 is 9.88 Å². The zero-order chi connectivity index (χ0) is 13.0. The van der Waals surface area contributed by atoms with E-state index in [0.717, 1.165) is 18.1 Å². The maximum atomic E-state index is 4.41. The van der Waals surface area contributed by atoms with E-state index in [1.165, 1.54) is 0 Å². The monoisotopic (exact) mass is 243 g/mol. The third-order valence-electron chi connectivity index (χ3n) is 3.24. The maximum absolute atomic E-state index is 4.41. The molecule has 0 amide bonds. The predicted octanol–water partition coefficient (Wildman–Crippen LogP) is 4.23. The Hall–Kier alpha value is -1.77. The first-order valence-electron chi connectivity index (χ1n) is 6.57. The summed E-state index contributed by atoms with van der Waals surface area (Å²) < 4.78 is 2.23. The zero-order valence-corrected chi connectivity index (χ0v) is 11.3. The minimum Gasteiger partial charge on any atom is -0.326 e. The number of nitrogens with one attached hydrogen (secondary N) is 1.